The first-order valence-corrected chi connectivity index (χ1v) is 9.78. The fourth-order valence-electron chi connectivity index (χ4n) is 2.08. The van der Waals surface area contributed by atoms with Crippen molar-refractivity contribution < 1.29 is 22.7 Å². The van der Waals surface area contributed by atoms with Crippen LogP contribution in [0.5, 0.6) is 0 Å². The molecule has 1 heterocycles. The maximum absolute atomic E-state index is 12.6. The van der Waals surface area contributed by atoms with Crippen molar-refractivity contribution in [2.45, 2.75) is 45.9 Å². The van der Waals surface area contributed by atoms with Crippen LogP contribution < -0.4 is 10.6 Å². The van der Waals surface area contributed by atoms with Crippen molar-refractivity contribution in [1.82, 2.24) is 20.5 Å². The number of alkyl halides is 3. The first-order chi connectivity index (χ1) is 13.0. The number of thiazole rings is 1. The standard InChI is InChI=1S/C17H28F3N5O2S.HI/c1-6-25(15(26)27-16(2,3)4)10-9-23-14(21-5)22-8-7-13-24-12(11-28-13)17(18,19)20;/h11H,6-10H2,1-5H3,(H2,21,22,23);1H. The molecule has 7 nitrogen and oxygen atoms in total. The van der Waals surface area contributed by atoms with Crippen molar-refractivity contribution in [2.24, 2.45) is 4.99 Å². The largest absolute Gasteiger partial charge is 0.444 e. The zero-order valence-electron chi connectivity index (χ0n) is 17.2. The molecule has 168 valence electrons. The summed E-state index contributed by atoms with van der Waals surface area (Å²) in [7, 11) is 1.59. The van der Waals surface area contributed by atoms with E-state index in [1.54, 1.807) is 11.9 Å². The second kappa shape index (κ2) is 12.4. The van der Waals surface area contributed by atoms with Crippen LogP contribution in [0.15, 0.2) is 10.4 Å². The minimum atomic E-state index is -4.42. The van der Waals surface area contributed by atoms with Gasteiger partial charge < -0.3 is 20.3 Å². The van der Waals surface area contributed by atoms with E-state index < -0.39 is 17.5 Å². The molecule has 0 saturated heterocycles. The van der Waals surface area contributed by atoms with Crippen molar-refractivity contribution >= 4 is 47.4 Å². The fourth-order valence-corrected chi connectivity index (χ4v) is 2.88. The van der Waals surface area contributed by atoms with Gasteiger partial charge in [-0.1, -0.05) is 0 Å². The summed E-state index contributed by atoms with van der Waals surface area (Å²) in [6.45, 7) is 9.05. The Labute approximate surface area is 190 Å². The summed E-state index contributed by atoms with van der Waals surface area (Å²) < 4.78 is 43.0. The Hall–Kier alpha value is -1.31. The van der Waals surface area contributed by atoms with E-state index in [1.807, 2.05) is 27.7 Å². The number of nitrogens with one attached hydrogen (secondary N) is 2. The molecule has 0 aliphatic heterocycles. The molecular weight excluding hydrogens is 522 g/mol. The molecule has 0 fully saturated rings. The average molecular weight is 551 g/mol. The number of amides is 1. The summed E-state index contributed by atoms with van der Waals surface area (Å²) in [6, 6.07) is 0. The van der Waals surface area contributed by atoms with Crippen LogP contribution in [0.3, 0.4) is 0 Å². The van der Waals surface area contributed by atoms with E-state index >= 15 is 0 Å². The number of hydrogen-bond donors (Lipinski definition) is 2. The lowest BCUT2D eigenvalue weighted by Gasteiger charge is -2.26. The second-order valence-electron chi connectivity index (χ2n) is 6.86. The number of rotatable bonds is 7. The minimum absolute atomic E-state index is 0. The molecule has 29 heavy (non-hydrogen) atoms. The second-order valence-corrected chi connectivity index (χ2v) is 7.80. The van der Waals surface area contributed by atoms with Crippen LogP contribution in [0.2, 0.25) is 0 Å². The molecule has 0 aromatic carbocycles. The monoisotopic (exact) mass is 551 g/mol. The van der Waals surface area contributed by atoms with Gasteiger partial charge in [0.05, 0.1) is 5.01 Å². The molecule has 1 aromatic heterocycles. The molecule has 1 aromatic rings. The van der Waals surface area contributed by atoms with Gasteiger partial charge in [0.1, 0.15) is 5.60 Å². The summed E-state index contributed by atoms with van der Waals surface area (Å²) in [5.41, 5.74) is -1.42. The molecular formula is C17H29F3IN5O2S. The molecule has 0 aliphatic rings. The molecule has 0 saturated carbocycles. The number of carbonyl (C=O) groups excluding carboxylic acids is 1. The molecule has 0 atom stereocenters. The summed E-state index contributed by atoms with van der Waals surface area (Å²) >= 11 is 0.979. The molecule has 0 radical (unpaired) electrons. The van der Waals surface area contributed by atoms with E-state index in [0.717, 1.165) is 16.7 Å². The first kappa shape index (κ1) is 27.7. The SMILES string of the molecule is CCN(CCNC(=NC)NCCc1nc(C(F)(F)F)cs1)C(=O)OC(C)(C)C.I. The number of ether oxygens (including phenoxy) is 1. The maximum Gasteiger partial charge on any atom is 0.434 e. The number of nitrogens with zero attached hydrogens (tertiary/aromatic N) is 3. The summed E-state index contributed by atoms with van der Waals surface area (Å²) in [5, 5.41) is 7.49. The third kappa shape index (κ3) is 10.9. The van der Waals surface area contributed by atoms with E-state index in [2.05, 4.69) is 20.6 Å². The zero-order chi connectivity index (χ0) is 21.4. The zero-order valence-corrected chi connectivity index (χ0v) is 20.4. The summed E-state index contributed by atoms with van der Waals surface area (Å²) in [5.74, 6) is 0.493. The Bertz CT molecular complexity index is 662. The highest BCUT2D eigenvalue weighted by atomic mass is 127. The lowest BCUT2D eigenvalue weighted by Crippen LogP contribution is -2.44. The van der Waals surface area contributed by atoms with Gasteiger partial charge in [0.15, 0.2) is 11.7 Å². The molecule has 0 unspecified atom stereocenters. The van der Waals surface area contributed by atoms with Gasteiger partial charge >= 0.3 is 12.3 Å². The lowest BCUT2D eigenvalue weighted by molar-refractivity contribution is -0.140. The Morgan fingerprint density at radius 1 is 1.28 bits per heavy atom. The van der Waals surface area contributed by atoms with Crippen LogP contribution >= 0.6 is 35.3 Å². The van der Waals surface area contributed by atoms with Crippen LogP contribution in [0.1, 0.15) is 38.4 Å². The van der Waals surface area contributed by atoms with Gasteiger partial charge in [0.2, 0.25) is 0 Å². The number of hydrogen-bond acceptors (Lipinski definition) is 5. The van der Waals surface area contributed by atoms with Crippen molar-refractivity contribution in [1.29, 1.82) is 0 Å². The molecule has 1 amide bonds. The van der Waals surface area contributed by atoms with Crippen molar-refractivity contribution in [2.75, 3.05) is 33.2 Å². The topological polar surface area (TPSA) is 78.9 Å². The van der Waals surface area contributed by atoms with Gasteiger partial charge in [-0.15, -0.1) is 35.3 Å². The number of carbonyl (C=O) groups is 1. The predicted molar refractivity (Wildman–Crippen MR) is 119 cm³/mol. The quantitative estimate of drug-likeness (QED) is 0.307. The lowest BCUT2D eigenvalue weighted by atomic mass is 10.2. The van der Waals surface area contributed by atoms with Crippen molar-refractivity contribution in [3.8, 4) is 0 Å². The van der Waals surface area contributed by atoms with Gasteiger partial charge in [-0.3, -0.25) is 4.99 Å². The Balaban J connectivity index is 0.00000784. The minimum Gasteiger partial charge on any atom is -0.444 e. The van der Waals surface area contributed by atoms with Crippen LogP contribution in [-0.2, 0) is 17.3 Å². The Morgan fingerprint density at radius 3 is 2.38 bits per heavy atom. The average Bonchev–Trinajstić information content (AvgIpc) is 3.04. The summed E-state index contributed by atoms with van der Waals surface area (Å²) in [6.07, 6.45) is -4.46. The van der Waals surface area contributed by atoms with Crippen LogP contribution in [0.4, 0.5) is 18.0 Å². The third-order valence-corrected chi connectivity index (χ3v) is 4.31. The van der Waals surface area contributed by atoms with Gasteiger partial charge in [0, 0.05) is 45.0 Å². The highest BCUT2D eigenvalue weighted by Crippen LogP contribution is 2.29. The number of aromatic nitrogens is 1. The fraction of sp³-hybridized carbons (Fsp3) is 0.706. The number of guanidine groups is 1. The highest BCUT2D eigenvalue weighted by molar-refractivity contribution is 14.0. The van der Waals surface area contributed by atoms with Crippen molar-refractivity contribution in [3.05, 3.63) is 16.1 Å². The number of likely N-dealkylation sites (N-methyl/N-ethyl adjacent to an activating group) is 1. The van der Waals surface area contributed by atoms with Gasteiger partial charge in [-0.25, -0.2) is 9.78 Å². The van der Waals surface area contributed by atoms with Gasteiger partial charge in [0.25, 0.3) is 0 Å². The van der Waals surface area contributed by atoms with E-state index in [1.165, 1.54) is 0 Å². The van der Waals surface area contributed by atoms with Crippen molar-refractivity contribution in [3.63, 3.8) is 0 Å². The number of halogens is 4. The molecule has 12 heteroatoms. The molecule has 0 bridgehead atoms. The van der Waals surface area contributed by atoms with Crippen LogP contribution in [-0.4, -0.2) is 60.8 Å². The van der Waals surface area contributed by atoms with Crippen LogP contribution in [0, 0.1) is 0 Å². The van der Waals surface area contributed by atoms with E-state index in [4.69, 9.17) is 4.74 Å². The molecule has 0 spiro atoms. The van der Waals surface area contributed by atoms with Gasteiger partial charge in [-0.2, -0.15) is 13.2 Å². The maximum atomic E-state index is 12.6. The first-order valence-electron chi connectivity index (χ1n) is 8.90. The summed E-state index contributed by atoms with van der Waals surface area (Å²) in [4.78, 5) is 21.3. The van der Waals surface area contributed by atoms with E-state index in [0.29, 0.717) is 43.6 Å². The smallest absolute Gasteiger partial charge is 0.434 e. The van der Waals surface area contributed by atoms with E-state index in [9.17, 15) is 18.0 Å². The molecule has 2 N–H and O–H groups in total. The van der Waals surface area contributed by atoms with Gasteiger partial charge in [-0.05, 0) is 27.7 Å². The third-order valence-electron chi connectivity index (χ3n) is 3.40. The van der Waals surface area contributed by atoms with E-state index in [-0.39, 0.29) is 30.1 Å². The number of aliphatic imine (C=N–C) groups is 1. The Morgan fingerprint density at radius 2 is 1.90 bits per heavy atom. The Kier molecular flexibility index (Phi) is 11.8. The predicted octanol–water partition coefficient (Wildman–Crippen LogP) is 3.74. The van der Waals surface area contributed by atoms with Crippen LogP contribution in [0.25, 0.3) is 0 Å². The molecule has 1 rings (SSSR count). The normalized spacial score (nSPS) is 12.2. The molecule has 0 aliphatic carbocycles. The highest BCUT2D eigenvalue weighted by Gasteiger charge is 2.33.